The predicted molar refractivity (Wildman–Crippen MR) is 71.4 cm³/mol. The summed E-state index contributed by atoms with van der Waals surface area (Å²) in [6.45, 7) is 1.08. The second kappa shape index (κ2) is 7.21. The molecular formula is C11H13ClN2O2S. The van der Waals surface area contributed by atoms with Crippen molar-refractivity contribution in [1.82, 2.24) is 10.6 Å². The molecule has 0 saturated heterocycles. The first kappa shape index (κ1) is 13.9. The van der Waals surface area contributed by atoms with Gasteiger partial charge in [-0.1, -0.05) is 11.6 Å². The number of benzene rings is 1. The standard InChI is InChI=1S/C11H13ClN2O2S/c1-16-7-6-13-11(17)14-10(15)8-2-4-9(12)5-3-8/h2-5H,6-7H2,1H3,(H2,13,14,15,17). The summed E-state index contributed by atoms with van der Waals surface area (Å²) in [6, 6.07) is 6.57. The lowest BCUT2D eigenvalue weighted by molar-refractivity contribution is 0.0976. The van der Waals surface area contributed by atoms with E-state index in [1.165, 1.54) is 0 Å². The highest BCUT2D eigenvalue weighted by Crippen LogP contribution is 2.09. The minimum absolute atomic E-state index is 0.267. The van der Waals surface area contributed by atoms with E-state index in [4.69, 9.17) is 28.6 Å². The molecule has 1 rings (SSSR count). The monoisotopic (exact) mass is 272 g/mol. The van der Waals surface area contributed by atoms with Gasteiger partial charge in [0.2, 0.25) is 0 Å². The van der Waals surface area contributed by atoms with E-state index >= 15 is 0 Å². The van der Waals surface area contributed by atoms with Crippen molar-refractivity contribution >= 4 is 34.8 Å². The van der Waals surface area contributed by atoms with Crippen molar-refractivity contribution in [1.29, 1.82) is 0 Å². The Hall–Kier alpha value is -1.17. The third-order valence-corrected chi connectivity index (χ3v) is 2.42. The molecule has 4 nitrogen and oxygen atoms in total. The first-order valence-electron chi connectivity index (χ1n) is 4.97. The molecule has 0 radical (unpaired) electrons. The fraction of sp³-hybridized carbons (Fsp3) is 0.273. The molecular weight excluding hydrogens is 260 g/mol. The Morgan fingerprint density at radius 2 is 2.06 bits per heavy atom. The SMILES string of the molecule is COCCNC(=S)NC(=O)c1ccc(Cl)cc1. The zero-order valence-electron chi connectivity index (χ0n) is 9.33. The van der Waals surface area contributed by atoms with E-state index in [1.807, 2.05) is 0 Å². The zero-order valence-corrected chi connectivity index (χ0v) is 10.9. The van der Waals surface area contributed by atoms with Crippen molar-refractivity contribution in [3.8, 4) is 0 Å². The lowest BCUT2D eigenvalue weighted by atomic mass is 10.2. The Morgan fingerprint density at radius 3 is 2.65 bits per heavy atom. The average Bonchev–Trinajstić information content (AvgIpc) is 2.30. The van der Waals surface area contributed by atoms with Gasteiger partial charge in [-0.3, -0.25) is 10.1 Å². The van der Waals surface area contributed by atoms with E-state index in [0.29, 0.717) is 23.7 Å². The molecule has 0 unspecified atom stereocenters. The van der Waals surface area contributed by atoms with Crippen molar-refractivity contribution in [3.63, 3.8) is 0 Å². The summed E-state index contributed by atoms with van der Waals surface area (Å²) >= 11 is 10.7. The van der Waals surface area contributed by atoms with E-state index < -0.39 is 0 Å². The van der Waals surface area contributed by atoms with Gasteiger partial charge < -0.3 is 10.1 Å². The molecule has 0 aliphatic rings. The molecule has 1 aromatic rings. The second-order valence-corrected chi connectivity index (χ2v) is 4.05. The Morgan fingerprint density at radius 1 is 1.41 bits per heavy atom. The quantitative estimate of drug-likeness (QED) is 0.646. The first-order valence-corrected chi connectivity index (χ1v) is 5.76. The van der Waals surface area contributed by atoms with Crippen LogP contribution in [0.15, 0.2) is 24.3 Å². The number of hydrogen-bond donors (Lipinski definition) is 2. The first-order chi connectivity index (χ1) is 8.13. The number of methoxy groups -OCH3 is 1. The molecule has 0 aliphatic carbocycles. The summed E-state index contributed by atoms with van der Waals surface area (Å²) in [4.78, 5) is 11.7. The minimum Gasteiger partial charge on any atom is -0.383 e. The van der Waals surface area contributed by atoms with Crippen molar-refractivity contribution in [2.24, 2.45) is 0 Å². The van der Waals surface area contributed by atoms with Crippen LogP contribution in [0.1, 0.15) is 10.4 Å². The third kappa shape index (κ3) is 5.12. The van der Waals surface area contributed by atoms with Crippen molar-refractivity contribution < 1.29 is 9.53 Å². The zero-order chi connectivity index (χ0) is 12.7. The van der Waals surface area contributed by atoms with Gasteiger partial charge in [-0.25, -0.2) is 0 Å². The summed E-state index contributed by atoms with van der Waals surface area (Å²) < 4.78 is 4.85. The molecule has 0 fully saturated rings. The number of thiocarbonyl (C=S) groups is 1. The maximum Gasteiger partial charge on any atom is 0.257 e. The van der Waals surface area contributed by atoms with E-state index in [9.17, 15) is 4.79 Å². The summed E-state index contributed by atoms with van der Waals surface area (Å²) in [5, 5.41) is 6.27. The molecule has 0 heterocycles. The Balaban J connectivity index is 2.43. The molecule has 0 saturated carbocycles. The van der Waals surface area contributed by atoms with Crippen molar-refractivity contribution in [3.05, 3.63) is 34.9 Å². The topological polar surface area (TPSA) is 50.4 Å². The normalized spacial score (nSPS) is 9.76. The van der Waals surface area contributed by atoms with Crippen molar-refractivity contribution in [2.45, 2.75) is 0 Å². The number of carbonyl (C=O) groups is 1. The molecule has 92 valence electrons. The molecule has 0 bridgehead atoms. The van der Waals surface area contributed by atoms with Gasteiger partial charge in [0.05, 0.1) is 6.61 Å². The Bertz CT molecular complexity index is 395. The fourth-order valence-corrected chi connectivity index (χ4v) is 1.41. The van der Waals surface area contributed by atoms with Crippen LogP contribution in [0.3, 0.4) is 0 Å². The summed E-state index contributed by atoms with van der Waals surface area (Å²) in [5.74, 6) is -0.267. The van der Waals surface area contributed by atoms with Crippen LogP contribution in [0.2, 0.25) is 5.02 Å². The number of nitrogens with one attached hydrogen (secondary N) is 2. The van der Waals surface area contributed by atoms with E-state index in [1.54, 1.807) is 31.4 Å². The number of amides is 1. The molecule has 0 aromatic heterocycles. The predicted octanol–water partition coefficient (Wildman–Crippen LogP) is 1.59. The average molecular weight is 273 g/mol. The number of carbonyl (C=O) groups excluding carboxylic acids is 1. The smallest absolute Gasteiger partial charge is 0.257 e. The van der Waals surface area contributed by atoms with E-state index in [-0.39, 0.29) is 11.0 Å². The van der Waals surface area contributed by atoms with Crippen molar-refractivity contribution in [2.75, 3.05) is 20.3 Å². The second-order valence-electron chi connectivity index (χ2n) is 3.21. The van der Waals surface area contributed by atoms with Crippen LogP contribution in [0.5, 0.6) is 0 Å². The molecule has 6 heteroatoms. The highest BCUT2D eigenvalue weighted by molar-refractivity contribution is 7.80. The largest absolute Gasteiger partial charge is 0.383 e. The third-order valence-electron chi connectivity index (χ3n) is 1.93. The van der Waals surface area contributed by atoms with Crippen LogP contribution < -0.4 is 10.6 Å². The van der Waals surface area contributed by atoms with Crippen LogP contribution >= 0.6 is 23.8 Å². The highest BCUT2D eigenvalue weighted by Gasteiger charge is 2.06. The molecule has 0 atom stereocenters. The number of hydrogen-bond acceptors (Lipinski definition) is 3. The van der Waals surface area contributed by atoms with Gasteiger partial charge in [0.15, 0.2) is 5.11 Å². The van der Waals surface area contributed by atoms with Crippen LogP contribution in [-0.4, -0.2) is 31.3 Å². The lowest BCUT2D eigenvalue weighted by Gasteiger charge is -2.08. The number of halogens is 1. The van der Waals surface area contributed by atoms with E-state index in [2.05, 4.69) is 10.6 Å². The summed E-state index contributed by atoms with van der Waals surface area (Å²) in [6.07, 6.45) is 0. The Labute approximate surface area is 110 Å². The number of rotatable bonds is 4. The van der Waals surface area contributed by atoms with Gasteiger partial charge in [-0.2, -0.15) is 0 Å². The highest BCUT2D eigenvalue weighted by atomic mass is 35.5. The molecule has 2 N–H and O–H groups in total. The van der Waals surface area contributed by atoms with Crippen LogP contribution in [0.4, 0.5) is 0 Å². The fourth-order valence-electron chi connectivity index (χ4n) is 1.09. The van der Waals surface area contributed by atoms with Crippen LogP contribution in [0, 0.1) is 0 Å². The minimum atomic E-state index is -0.267. The van der Waals surface area contributed by atoms with Gasteiger partial charge in [0.25, 0.3) is 5.91 Å². The maximum atomic E-state index is 11.7. The molecule has 0 spiro atoms. The van der Waals surface area contributed by atoms with E-state index in [0.717, 1.165) is 0 Å². The summed E-state index contributed by atoms with van der Waals surface area (Å²) in [5.41, 5.74) is 0.505. The van der Waals surface area contributed by atoms with Gasteiger partial charge in [0.1, 0.15) is 0 Å². The molecule has 0 aliphatic heterocycles. The Kier molecular flexibility index (Phi) is 5.90. The molecule has 1 amide bonds. The van der Waals surface area contributed by atoms with Gasteiger partial charge >= 0.3 is 0 Å². The maximum absolute atomic E-state index is 11.7. The summed E-state index contributed by atoms with van der Waals surface area (Å²) in [7, 11) is 1.59. The van der Waals surface area contributed by atoms with Crippen LogP contribution in [-0.2, 0) is 4.74 Å². The van der Waals surface area contributed by atoms with Gasteiger partial charge in [-0.05, 0) is 36.5 Å². The van der Waals surface area contributed by atoms with Gasteiger partial charge in [-0.15, -0.1) is 0 Å². The lowest BCUT2D eigenvalue weighted by Crippen LogP contribution is -2.40. The molecule has 17 heavy (non-hydrogen) atoms. The number of ether oxygens (including phenoxy) is 1. The van der Waals surface area contributed by atoms with Gasteiger partial charge in [0, 0.05) is 24.2 Å². The molecule has 1 aromatic carbocycles. The van der Waals surface area contributed by atoms with Crippen LogP contribution in [0.25, 0.3) is 0 Å².